The van der Waals surface area contributed by atoms with Crippen molar-refractivity contribution >= 4 is 45.5 Å². The fourth-order valence-corrected chi connectivity index (χ4v) is 6.65. The molecule has 0 saturated carbocycles. The molecule has 1 aliphatic carbocycles. The van der Waals surface area contributed by atoms with Gasteiger partial charge in [0.25, 0.3) is 0 Å². The summed E-state index contributed by atoms with van der Waals surface area (Å²) in [6.45, 7) is 6.56. The number of allylic oxidation sites excluding steroid dienone is 1. The summed E-state index contributed by atoms with van der Waals surface area (Å²) in [5.74, 6) is 0.985. The first-order valence-corrected chi connectivity index (χ1v) is 14.0. The van der Waals surface area contributed by atoms with Crippen LogP contribution in [0.3, 0.4) is 0 Å². The van der Waals surface area contributed by atoms with Gasteiger partial charge in [0.2, 0.25) is 5.91 Å². The van der Waals surface area contributed by atoms with Gasteiger partial charge in [0.1, 0.15) is 0 Å². The Morgan fingerprint density at radius 3 is 2.82 bits per heavy atom. The van der Waals surface area contributed by atoms with Gasteiger partial charge in [-0.25, -0.2) is 4.98 Å². The third kappa shape index (κ3) is 4.87. The molecule has 0 fully saturated rings. The lowest BCUT2D eigenvalue weighted by molar-refractivity contribution is -0.113. The number of thiophene rings is 1. The second-order valence-corrected chi connectivity index (χ2v) is 11.0. The Bertz CT molecular complexity index is 1320. The number of aryl methyl sites for hydroxylation is 2. The van der Waals surface area contributed by atoms with Crippen molar-refractivity contribution in [3.05, 3.63) is 63.7 Å². The number of rotatable bonds is 8. The summed E-state index contributed by atoms with van der Waals surface area (Å²) in [7, 11) is 0. The van der Waals surface area contributed by atoms with Gasteiger partial charge in [-0.3, -0.25) is 9.36 Å². The minimum absolute atomic E-state index is 0.113. The van der Waals surface area contributed by atoms with Crippen LogP contribution in [0.15, 0.2) is 52.8 Å². The maximum atomic E-state index is 12.6. The molecule has 4 aromatic rings. The number of aromatic nitrogens is 4. The zero-order valence-electron chi connectivity index (χ0n) is 18.9. The second-order valence-electron chi connectivity index (χ2n) is 8.20. The van der Waals surface area contributed by atoms with Crippen LogP contribution >= 0.6 is 34.4 Å². The summed E-state index contributed by atoms with van der Waals surface area (Å²) in [5.41, 5.74) is 5.70. The molecule has 0 unspecified atom stereocenters. The molecular formula is C25H25N5OS3. The van der Waals surface area contributed by atoms with Crippen LogP contribution in [0.25, 0.3) is 22.6 Å². The number of amides is 1. The van der Waals surface area contributed by atoms with Gasteiger partial charge in [-0.1, -0.05) is 47.7 Å². The van der Waals surface area contributed by atoms with E-state index in [0.29, 0.717) is 11.7 Å². The van der Waals surface area contributed by atoms with E-state index < -0.39 is 0 Å². The number of fused-ring (bicyclic) bond motifs is 1. The van der Waals surface area contributed by atoms with Crippen molar-refractivity contribution in [2.75, 3.05) is 11.1 Å². The highest BCUT2D eigenvalue weighted by Crippen LogP contribution is 2.37. The zero-order valence-corrected chi connectivity index (χ0v) is 21.4. The van der Waals surface area contributed by atoms with E-state index in [2.05, 4.69) is 56.1 Å². The number of anilines is 1. The van der Waals surface area contributed by atoms with Crippen LogP contribution in [-0.2, 0) is 24.2 Å². The van der Waals surface area contributed by atoms with Crippen LogP contribution < -0.4 is 5.32 Å². The molecule has 5 rings (SSSR count). The molecule has 9 heteroatoms. The number of carbonyl (C=O) groups is 1. The lowest BCUT2D eigenvalue weighted by atomic mass is 9.95. The monoisotopic (exact) mass is 507 g/mol. The van der Waals surface area contributed by atoms with Crippen molar-refractivity contribution in [3.63, 3.8) is 0 Å². The topological polar surface area (TPSA) is 72.7 Å². The van der Waals surface area contributed by atoms with Crippen molar-refractivity contribution in [2.45, 2.75) is 44.3 Å². The lowest BCUT2D eigenvalue weighted by Gasteiger charge is -2.13. The molecule has 6 nitrogen and oxygen atoms in total. The first kappa shape index (κ1) is 23.0. The fourth-order valence-electron chi connectivity index (χ4n) is 4.04. The van der Waals surface area contributed by atoms with Crippen LogP contribution in [0.4, 0.5) is 5.13 Å². The highest BCUT2D eigenvalue weighted by atomic mass is 32.2. The van der Waals surface area contributed by atoms with Gasteiger partial charge in [-0.15, -0.1) is 39.4 Å². The Labute approximate surface area is 211 Å². The summed E-state index contributed by atoms with van der Waals surface area (Å²) in [6.07, 6.45) is 6.57. The predicted octanol–water partition coefficient (Wildman–Crippen LogP) is 6.23. The van der Waals surface area contributed by atoms with Crippen molar-refractivity contribution in [1.82, 2.24) is 19.7 Å². The average Bonchev–Trinajstić information content (AvgIpc) is 3.57. The minimum atomic E-state index is -0.113. The maximum absolute atomic E-state index is 12.6. The summed E-state index contributed by atoms with van der Waals surface area (Å²) < 4.78 is 2.06. The van der Waals surface area contributed by atoms with Crippen LogP contribution in [0, 0.1) is 6.92 Å². The van der Waals surface area contributed by atoms with E-state index in [-0.39, 0.29) is 11.7 Å². The van der Waals surface area contributed by atoms with Gasteiger partial charge < -0.3 is 5.32 Å². The molecular weight excluding hydrogens is 483 g/mol. The van der Waals surface area contributed by atoms with Crippen molar-refractivity contribution < 1.29 is 4.79 Å². The molecule has 0 spiro atoms. The Hall–Kier alpha value is -2.75. The number of hydrogen-bond acceptors (Lipinski definition) is 7. The van der Waals surface area contributed by atoms with Crippen molar-refractivity contribution in [3.8, 4) is 22.6 Å². The second kappa shape index (κ2) is 10.2. The predicted molar refractivity (Wildman–Crippen MR) is 142 cm³/mol. The van der Waals surface area contributed by atoms with E-state index >= 15 is 0 Å². The van der Waals surface area contributed by atoms with Gasteiger partial charge in [0.15, 0.2) is 16.1 Å². The lowest BCUT2D eigenvalue weighted by Crippen LogP contribution is -2.14. The molecule has 1 amide bonds. The number of nitrogens with zero attached hydrogens (tertiary/aromatic N) is 4. The third-order valence-electron chi connectivity index (χ3n) is 5.76. The molecule has 0 bridgehead atoms. The molecule has 1 N–H and O–H groups in total. The Morgan fingerprint density at radius 2 is 2.00 bits per heavy atom. The Balaban J connectivity index is 1.26. The molecule has 0 saturated heterocycles. The number of nitrogens with one attached hydrogen (secondary N) is 1. The van der Waals surface area contributed by atoms with E-state index in [0.717, 1.165) is 35.1 Å². The molecule has 174 valence electrons. The number of hydrogen-bond donors (Lipinski definition) is 1. The number of thioether (sulfide) groups is 1. The highest BCUT2D eigenvalue weighted by molar-refractivity contribution is 7.99. The zero-order chi connectivity index (χ0) is 23.5. The molecule has 0 radical (unpaired) electrons. The first-order valence-electron chi connectivity index (χ1n) is 11.2. The van der Waals surface area contributed by atoms with Crippen LogP contribution in [0.1, 0.15) is 28.8 Å². The molecule has 1 aliphatic rings. The average molecular weight is 508 g/mol. The SMILES string of the molecule is C=CCn1c(SCC(=O)Nc2nc(-c3ccc(C)cc3)cs2)nnc1-c1csc2c1CCCC2. The maximum Gasteiger partial charge on any atom is 0.236 e. The molecule has 34 heavy (non-hydrogen) atoms. The molecule has 0 atom stereocenters. The Morgan fingerprint density at radius 1 is 1.18 bits per heavy atom. The normalized spacial score (nSPS) is 13.0. The number of carbonyl (C=O) groups excluding carboxylic acids is 1. The van der Waals surface area contributed by atoms with Gasteiger partial charge in [0.05, 0.1) is 11.4 Å². The third-order valence-corrected chi connectivity index (χ3v) is 8.57. The van der Waals surface area contributed by atoms with Gasteiger partial charge in [-0.05, 0) is 38.2 Å². The fraction of sp³-hybridized carbons (Fsp3) is 0.280. The highest BCUT2D eigenvalue weighted by Gasteiger charge is 2.22. The smallest absolute Gasteiger partial charge is 0.236 e. The largest absolute Gasteiger partial charge is 0.301 e. The molecule has 1 aromatic carbocycles. The van der Waals surface area contributed by atoms with E-state index in [1.165, 1.54) is 57.5 Å². The number of benzene rings is 1. The number of thiazole rings is 1. The van der Waals surface area contributed by atoms with Gasteiger partial charge in [-0.2, -0.15) is 0 Å². The van der Waals surface area contributed by atoms with Crippen LogP contribution in [0.2, 0.25) is 0 Å². The molecule has 0 aliphatic heterocycles. The van der Waals surface area contributed by atoms with E-state index in [9.17, 15) is 4.79 Å². The van der Waals surface area contributed by atoms with Crippen LogP contribution in [0.5, 0.6) is 0 Å². The molecule has 3 aromatic heterocycles. The summed E-state index contributed by atoms with van der Waals surface area (Å²) in [4.78, 5) is 18.7. The standard InChI is InChI=1S/C25H25N5OS3/c1-3-12-30-23(19-13-32-21-7-5-4-6-18(19)21)28-29-25(30)34-15-22(31)27-24-26-20(14-33-24)17-10-8-16(2)9-11-17/h3,8-11,13-14H,1,4-7,12,15H2,2H3,(H,26,27,31). The van der Waals surface area contributed by atoms with E-state index in [1.807, 2.05) is 34.9 Å². The van der Waals surface area contributed by atoms with Gasteiger partial charge in [0, 0.05) is 33.3 Å². The first-order chi connectivity index (χ1) is 16.6. The van der Waals surface area contributed by atoms with E-state index in [1.54, 1.807) is 0 Å². The molecule has 3 heterocycles. The minimum Gasteiger partial charge on any atom is -0.301 e. The van der Waals surface area contributed by atoms with Crippen molar-refractivity contribution in [1.29, 1.82) is 0 Å². The van der Waals surface area contributed by atoms with Gasteiger partial charge >= 0.3 is 0 Å². The Kier molecular flexibility index (Phi) is 6.94. The van der Waals surface area contributed by atoms with Crippen LogP contribution in [-0.4, -0.2) is 31.4 Å². The quantitative estimate of drug-likeness (QED) is 0.226. The summed E-state index contributed by atoms with van der Waals surface area (Å²) in [6, 6.07) is 8.20. The van der Waals surface area contributed by atoms with Crippen molar-refractivity contribution in [2.24, 2.45) is 0 Å². The summed E-state index contributed by atoms with van der Waals surface area (Å²) in [5, 5.41) is 17.3. The van der Waals surface area contributed by atoms with E-state index in [4.69, 9.17) is 0 Å². The summed E-state index contributed by atoms with van der Waals surface area (Å²) >= 11 is 4.63.